The van der Waals surface area contributed by atoms with E-state index in [0.717, 1.165) is 26.5 Å². The highest BCUT2D eigenvalue weighted by atomic mass is 79.9. The van der Waals surface area contributed by atoms with Crippen molar-refractivity contribution in [3.63, 3.8) is 0 Å². The van der Waals surface area contributed by atoms with E-state index in [1.807, 2.05) is 42.5 Å². The van der Waals surface area contributed by atoms with Crippen molar-refractivity contribution in [2.24, 2.45) is 0 Å². The third kappa shape index (κ3) is 5.69. The van der Waals surface area contributed by atoms with Crippen LogP contribution >= 0.6 is 44.1 Å². The Hall–Kier alpha value is -3.01. The van der Waals surface area contributed by atoms with E-state index in [1.54, 1.807) is 18.2 Å². The topological polar surface area (TPSA) is 67.9 Å². The van der Waals surface area contributed by atoms with E-state index in [4.69, 9.17) is 21.7 Å². The van der Waals surface area contributed by atoms with E-state index < -0.39 is 11.8 Å². The van der Waals surface area contributed by atoms with Gasteiger partial charge < -0.3 is 9.47 Å². The maximum Gasteiger partial charge on any atom is 0.270 e. The predicted molar refractivity (Wildman–Crippen MR) is 151 cm³/mol. The summed E-state index contributed by atoms with van der Waals surface area (Å²) in [6.45, 7) is 2.38. The molecular formula is C27H22Br2N2O4S. The first-order valence-corrected chi connectivity index (χ1v) is 13.0. The summed E-state index contributed by atoms with van der Waals surface area (Å²) in [7, 11) is 1.53. The number of nitrogens with one attached hydrogen (secondary N) is 1. The number of anilines is 1. The minimum atomic E-state index is -0.550. The standard InChI is InChI=1S/C27H22Br2N2O4S/c1-3-16-4-9-20(10-5-16)31-26(33)21(25(32)30-27(31)36)12-17-6-11-23(24(13-17)34-2)35-15-18-7-8-19(28)14-22(18)29/h4-14H,3,15H2,1-2H3,(H,30,32,36)/b21-12+. The van der Waals surface area contributed by atoms with Crippen LogP contribution in [0.1, 0.15) is 23.6 Å². The fourth-order valence-electron chi connectivity index (χ4n) is 3.63. The quantitative estimate of drug-likeness (QED) is 0.192. The normalized spacial score (nSPS) is 14.7. The van der Waals surface area contributed by atoms with Gasteiger partial charge in [0.15, 0.2) is 16.6 Å². The van der Waals surface area contributed by atoms with Gasteiger partial charge in [0, 0.05) is 14.5 Å². The molecule has 0 spiro atoms. The molecule has 2 amide bonds. The minimum Gasteiger partial charge on any atom is -0.493 e. The Morgan fingerprint density at radius 3 is 2.42 bits per heavy atom. The molecule has 0 bridgehead atoms. The number of carbonyl (C=O) groups is 2. The van der Waals surface area contributed by atoms with Crippen molar-refractivity contribution < 1.29 is 19.1 Å². The van der Waals surface area contributed by atoms with Crippen molar-refractivity contribution in [1.29, 1.82) is 0 Å². The highest BCUT2D eigenvalue weighted by molar-refractivity contribution is 9.11. The number of benzene rings is 3. The first-order chi connectivity index (χ1) is 17.3. The Morgan fingerprint density at radius 2 is 1.75 bits per heavy atom. The number of ether oxygens (including phenoxy) is 2. The number of thiocarbonyl (C=S) groups is 1. The second-order valence-corrected chi connectivity index (χ2v) is 10.1. The number of aryl methyl sites for hydroxylation is 1. The van der Waals surface area contributed by atoms with Gasteiger partial charge >= 0.3 is 0 Å². The monoisotopic (exact) mass is 628 g/mol. The molecule has 9 heteroatoms. The van der Waals surface area contributed by atoms with Crippen molar-refractivity contribution in [1.82, 2.24) is 5.32 Å². The van der Waals surface area contributed by atoms with Gasteiger partial charge in [0.1, 0.15) is 12.2 Å². The summed E-state index contributed by atoms with van der Waals surface area (Å²) in [5, 5.41) is 2.66. The second-order valence-electron chi connectivity index (χ2n) is 7.91. The Kier molecular flexibility index (Phi) is 8.23. The zero-order valence-corrected chi connectivity index (χ0v) is 23.5. The average molecular weight is 630 g/mol. The van der Waals surface area contributed by atoms with Crippen LogP contribution in [0.5, 0.6) is 11.5 Å². The molecule has 3 aromatic carbocycles. The highest BCUT2D eigenvalue weighted by Crippen LogP contribution is 2.32. The van der Waals surface area contributed by atoms with Gasteiger partial charge in [-0.3, -0.25) is 19.8 Å². The third-order valence-electron chi connectivity index (χ3n) is 5.60. The fraction of sp³-hybridized carbons (Fsp3) is 0.148. The van der Waals surface area contributed by atoms with Crippen LogP contribution in [0.2, 0.25) is 0 Å². The van der Waals surface area contributed by atoms with E-state index in [9.17, 15) is 9.59 Å². The van der Waals surface area contributed by atoms with E-state index in [2.05, 4.69) is 44.1 Å². The lowest BCUT2D eigenvalue weighted by Crippen LogP contribution is -2.54. The Labute approximate surface area is 231 Å². The molecule has 1 aliphatic rings. The Morgan fingerprint density at radius 1 is 1.00 bits per heavy atom. The highest BCUT2D eigenvalue weighted by Gasteiger charge is 2.34. The van der Waals surface area contributed by atoms with Crippen molar-refractivity contribution in [3.8, 4) is 11.5 Å². The van der Waals surface area contributed by atoms with Crippen LogP contribution in [-0.4, -0.2) is 24.0 Å². The van der Waals surface area contributed by atoms with Gasteiger partial charge in [0.25, 0.3) is 11.8 Å². The molecule has 4 rings (SSSR count). The van der Waals surface area contributed by atoms with Crippen molar-refractivity contribution in [3.05, 3.63) is 91.9 Å². The van der Waals surface area contributed by atoms with E-state index in [1.165, 1.54) is 18.1 Å². The molecule has 1 heterocycles. The molecule has 0 aromatic heterocycles. The van der Waals surface area contributed by atoms with Crippen LogP contribution < -0.4 is 19.7 Å². The zero-order valence-electron chi connectivity index (χ0n) is 19.5. The maximum atomic E-state index is 13.3. The molecule has 0 unspecified atom stereocenters. The lowest BCUT2D eigenvalue weighted by Gasteiger charge is -2.29. The molecular weight excluding hydrogens is 608 g/mol. The van der Waals surface area contributed by atoms with Crippen LogP contribution in [0, 0.1) is 0 Å². The molecule has 0 aliphatic carbocycles. The van der Waals surface area contributed by atoms with Gasteiger partial charge in [-0.15, -0.1) is 0 Å². The molecule has 0 radical (unpaired) electrons. The minimum absolute atomic E-state index is 0.0299. The van der Waals surface area contributed by atoms with Crippen LogP contribution in [0.25, 0.3) is 6.08 Å². The number of halogens is 2. The zero-order chi connectivity index (χ0) is 25.8. The van der Waals surface area contributed by atoms with Gasteiger partial charge in [0.2, 0.25) is 0 Å². The van der Waals surface area contributed by atoms with Crippen LogP contribution in [0.4, 0.5) is 5.69 Å². The van der Waals surface area contributed by atoms with Gasteiger partial charge in [-0.1, -0.05) is 63.0 Å². The summed E-state index contributed by atoms with van der Waals surface area (Å²) in [4.78, 5) is 27.3. The maximum absolute atomic E-state index is 13.3. The molecule has 1 aliphatic heterocycles. The van der Waals surface area contributed by atoms with Crippen molar-refractivity contribution >= 4 is 72.8 Å². The summed E-state index contributed by atoms with van der Waals surface area (Å²) in [6.07, 6.45) is 2.40. The van der Waals surface area contributed by atoms with Crippen LogP contribution in [-0.2, 0) is 22.6 Å². The van der Waals surface area contributed by atoms with E-state index in [0.29, 0.717) is 29.4 Å². The van der Waals surface area contributed by atoms with Crippen LogP contribution in [0.15, 0.2) is 75.2 Å². The predicted octanol–water partition coefficient (Wildman–Crippen LogP) is 6.19. The molecule has 3 aromatic rings. The Bertz CT molecular complexity index is 1370. The molecule has 1 saturated heterocycles. The molecule has 0 atom stereocenters. The van der Waals surface area contributed by atoms with E-state index >= 15 is 0 Å². The molecule has 36 heavy (non-hydrogen) atoms. The van der Waals surface area contributed by atoms with Crippen molar-refractivity contribution in [2.75, 3.05) is 12.0 Å². The van der Waals surface area contributed by atoms with Gasteiger partial charge in [-0.05, 0) is 72.2 Å². The smallest absolute Gasteiger partial charge is 0.270 e. The lowest BCUT2D eigenvalue weighted by atomic mass is 10.1. The number of hydrogen-bond acceptors (Lipinski definition) is 5. The summed E-state index contributed by atoms with van der Waals surface area (Å²) in [5.41, 5.74) is 3.28. The number of rotatable bonds is 7. The SMILES string of the molecule is CCc1ccc(N2C(=O)/C(=C/c3ccc(OCc4ccc(Br)cc4Br)c(OC)c3)C(=O)NC2=S)cc1. The number of nitrogens with zero attached hydrogens (tertiary/aromatic N) is 1. The fourth-order valence-corrected chi connectivity index (χ4v) is 5.07. The molecule has 0 saturated carbocycles. The molecule has 6 nitrogen and oxygen atoms in total. The van der Waals surface area contributed by atoms with Crippen LogP contribution in [0.3, 0.4) is 0 Å². The van der Waals surface area contributed by atoms with E-state index in [-0.39, 0.29) is 10.7 Å². The number of hydrogen-bond donors (Lipinski definition) is 1. The van der Waals surface area contributed by atoms with Gasteiger partial charge in [-0.2, -0.15) is 0 Å². The summed E-state index contributed by atoms with van der Waals surface area (Å²) < 4.78 is 13.4. The Balaban J connectivity index is 1.58. The summed E-state index contributed by atoms with van der Waals surface area (Å²) in [6, 6.07) is 18.6. The second kappa shape index (κ2) is 11.4. The lowest BCUT2D eigenvalue weighted by molar-refractivity contribution is -0.122. The van der Waals surface area contributed by atoms with Gasteiger partial charge in [0.05, 0.1) is 12.8 Å². The van der Waals surface area contributed by atoms with Crippen molar-refractivity contribution in [2.45, 2.75) is 20.0 Å². The molecule has 1 fully saturated rings. The number of methoxy groups -OCH3 is 1. The number of amides is 2. The average Bonchev–Trinajstić information content (AvgIpc) is 2.86. The number of carbonyl (C=O) groups excluding carboxylic acids is 2. The largest absolute Gasteiger partial charge is 0.493 e. The first-order valence-electron chi connectivity index (χ1n) is 11.1. The summed E-state index contributed by atoms with van der Waals surface area (Å²) >= 11 is 12.3. The molecule has 184 valence electrons. The van der Waals surface area contributed by atoms with Gasteiger partial charge in [-0.25, -0.2) is 0 Å². The third-order valence-corrected chi connectivity index (χ3v) is 7.12. The summed E-state index contributed by atoms with van der Waals surface area (Å²) in [5.74, 6) is -0.0327. The first kappa shape index (κ1) is 26.1. The molecule has 1 N–H and O–H groups in total.